The highest BCUT2D eigenvalue weighted by Crippen LogP contribution is 2.32. The smallest absolute Gasteiger partial charge is 0.223 e. The van der Waals surface area contributed by atoms with Crippen molar-refractivity contribution in [1.29, 1.82) is 0 Å². The van der Waals surface area contributed by atoms with Gasteiger partial charge in [0.25, 0.3) is 0 Å². The topological polar surface area (TPSA) is 81.9 Å². The van der Waals surface area contributed by atoms with Gasteiger partial charge in [-0.2, -0.15) is 0 Å². The summed E-state index contributed by atoms with van der Waals surface area (Å²) in [5.74, 6) is 0.205. The molecule has 1 atom stereocenters. The fourth-order valence-corrected chi connectivity index (χ4v) is 2.60. The van der Waals surface area contributed by atoms with Crippen molar-refractivity contribution in [3.05, 3.63) is 29.8 Å². The van der Waals surface area contributed by atoms with Gasteiger partial charge in [0.1, 0.15) is 17.5 Å². The molecule has 120 valence electrons. The van der Waals surface area contributed by atoms with Crippen LogP contribution >= 0.6 is 0 Å². The predicted octanol–water partition coefficient (Wildman–Crippen LogP) is 2.33. The molecule has 1 amide bonds. The van der Waals surface area contributed by atoms with Crippen LogP contribution in [-0.4, -0.2) is 30.0 Å². The maximum atomic E-state index is 12.0. The number of rotatable bonds is 7. The van der Waals surface area contributed by atoms with Gasteiger partial charge in [-0.25, -0.2) is 0 Å². The molecule has 0 spiro atoms. The summed E-state index contributed by atoms with van der Waals surface area (Å²) >= 11 is 0. The number of Topliss-reactive ketones (excluding diaryl/α,β-unsaturated/α-hetero) is 1. The number of nitrogens with two attached hydrogens (primary N) is 1. The Morgan fingerprint density at radius 1 is 1.32 bits per heavy atom. The molecular weight excluding hydrogens is 282 g/mol. The summed E-state index contributed by atoms with van der Waals surface area (Å²) < 4.78 is 11.0. The van der Waals surface area contributed by atoms with E-state index in [-0.39, 0.29) is 17.8 Å². The zero-order chi connectivity index (χ0) is 16.5. The minimum absolute atomic E-state index is 0.0271. The van der Waals surface area contributed by atoms with Gasteiger partial charge in [0.2, 0.25) is 5.91 Å². The third-order valence-electron chi connectivity index (χ3n) is 3.67. The standard InChI is InChI=1S/C17H23NO4/c1-16(2,15(18)20)10-17(3,4)22-12-7-5-6-11(8-12)14(19)13-9-21-13/h5-8,13H,9-10H2,1-4H3,(H2,18,20). The van der Waals surface area contributed by atoms with E-state index in [1.54, 1.807) is 38.1 Å². The van der Waals surface area contributed by atoms with E-state index in [9.17, 15) is 9.59 Å². The van der Waals surface area contributed by atoms with Gasteiger partial charge in [-0.1, -0.05) is 26.0 Å². The maximum Gasteiger partial charge on any atom is 0.223 e. The van der Waals surface area contributed by atoms with Gasteiger partial charge in [-0.05, 0) is 26.0 Å². The molecular formula is C17H23NO4. The summed E-state index contributed by atoms with van der Waals surface area (Å²) in [5, 5.41) is 0. The zero-order valence-electron chi connectivity index (χ0n) is 13.5. The third-order valence-corrected chi connectivity index (χ3v) is 3.67. The zero-order valence-corrected chi connectivity index (χ0v) is 13.5. The monoisotopic (exact) mass is 305 g/mol. The number of hydrogen-bond acceptors (Lipinski definition) is 4. The molecule has 5 heteroatoms. The minimum atomic E-state index is -0.668. The number of ether oxygens (including phenoxy) is 2. The summed E-state index contributed by atoms with van der Waals surface area (Å²) in [6, 6.07) is 7.03. The molecule has 0 saturated carbocycles. The molecule has 1 fully saturated rings. The number of benzene rings is 1. The normalized spacial score (nSPS) is 17.9. The molecule has 0 aliphatic carbocycles. The molecule has 5 nitrogen and oxygen atoms in total. The number of hydrogen-bond donors (Lipinski definition) is 1. The predicted molar refractivity (Wildman–Crippen MR) is 82.8 cm³/mol. The van der Waals surface area contributed by atoms with Crippen LogP contribution in [0.15, 0.2) is 24.3 Å². The highest BCUT2D eigenvalue weighted by Gasteiger charge is 2.35. The second-order valence-corrected chi connectivity index (χ2v) is 7.00. The van der Waals surface area contributed by atoms with Gasteiger partial charge in [0.05, 0.1) is 6.61 Å². The lowest BCUT2D eigenvalue weighted by atomic mass is 9.81. The van der Waals surface area contributed by atoms with Crippen molar-refractivity contribution in [2.45, 2.75) is 45.8 Å². The third kappa shape index (κ3) is 4.07. The molecule has 1 aliphatic rings. The van der Waals surface area contributed by atoms with Crippen LogP contribution < -0.4 is 10.5 Å². The van der Waals surface area contributed by atoms with Crippen molar-refractivity contribution in [2.75, 3.05) is 6.61 Å². The Morgan fingerprint density at radius 2 is 1.95 bits per heavy atom. The summed E-state index contributed by atoms with van der Waals surface area (Å²) in [4.78, 5) is 23.5. The highest BCUT2D eigenvalue weighted by atomic mass is 16.6. The largest absolute Gasteiger partial charge is 0.488 e. The first-order chi connectivity index (χ1) is 10.1. The summed E-state index contributed by atoms with van der Waals surface area (Å²) in [6.07, 6.45) is 0.163. The molecule has 0 aromatic heterocycles. The van der Waals surface area contributed by atoms with Crippen molar-refractivity contribution >= 4 is 11.7 Å². The van der Waals surface area contributed by atoms with Crippen molar-refractivity contribution in [3.63, 3.8) is 0 Å². The Balaban J connectivity index is 2.10. The lowest BCUT2D eigenvalue weighted by molar-refractivity contribution is -0.128. The van der Waals surface area contributed by atoms with Gasteiger partial charge >= 0.3 is 0 Å². The molecule has 1 heterocycles. The molecule has 1 aromatic rings. The second kappa shape index (κ2) is 5.72. The highest BCUT2D eigenvalue weighted by molar-refractivity contribution is 6.01. The summed E-state index contributed by atoms with van der Waals surface area (Å²) in [5.41, 5.74) is 4.74. The average molecular weight is 305 g/mol. The number of carbonyl (C=O) groups excluding carboxylic acids is 2. The van der Waals surface area contributed by atoms with E-state index in [4.69, 9.17) is 15.2 Å². The van der Waals surface area contributed by atoms with E-state index >= 15 is 0 Å². The van der Waals surface area contributed by atoms with E-state index in [0.717, 1.165) is 0 Å². The van der Waals surface area contributed by atoms with Crippen LogP contribution in [0.4, 0.5) is 0 Å². The van der Waals surface area contributed by atoms with Crippen LogP contribution in [-0.2, 0) is 9.53 Å². The fraction of sp³-hybridized carbons (Fsp3) is 0.529. The second-order valence-electron chi connectivity index (χ2n) is 7.00. The van der Waals surface area contributed by atoms with E-state index in [0.29, 0.717) is 24.3 Å². The number of carbonyl (C=O) groups is 2. The van der Waals surface area contributed by atoms with Crippen molar-refractivity contribution in [1.82, 2.24) is 0 Å². The fourth-order valence-electron chi connectivity index (χ4n) is 2.60. The molecule has 0 radical (unpaired) electrons. The van der Waals surface area contributed by atoms with Crippen LogP contribution in [0.3, 0.4) is 0 Å². The van der Waals surface area contributed by atoms with E-state index in [1.807, 2.05) is 13.8 Å². The molecule has 1 saturated heterocycles. The molecule has 1 aromatic carbocycles. The molecule has 1 aliphatic heterocycles. The SMILES string of the molecule is CC(C)(CC(C)(C)C(N)=O)Oc1cccc(C(=O)C2CO2)c1. The van der Waals surface area contributed by atoms with Gasteiger partial charge in [0, 0.05) is 17.4 Å². The number of epoxide rings is 1. The quantitative estimate of drug-likeness (QED) is 0.619. The van der Waals surface area contributed by atoms with E-state index < -0.39 is 11.0 Å². The summed E-state index contributed by atoms with van der Waals surface area (Å²) in [7, 11) is 0. The van der Waals surface area contributed by atoms with Crippen molar-refractivity contribution in [2.24, 2.45) is 11.1 Å². The first-order valence-corrected chi connectivity index (χ1v) is 7.35. The van der Waals surface area contributed by atoms with Gasteiger partial charge < -0.3 is 15.2 Å². The molecule has 2 rings (SSSR count). The van der Waals surface area contributed by atoms with Gasteiger partial charge in [0.15, 0.2) is 5.78 Å². The first kappa shape index (κ1) is 16.5. The Labute approximate surface area is 130 Å². The van der Waals surface area contributed by atoms with Crippen LogP contribution in [0.25, 0.3) is 0 Å². The molecule has 22 heavy (non-hydrogen) atoms. The lowest BCUT2D eigenvalue weighted by Gasteiger charge is -2.33. The summed E-state index contributed by atoms with van der Waals surface area (Å²) in [6.45, 7) is 7.88. The van der Waals surface area contributed by atoms with Gasteiger partial charge in [-0.3, -0.25) is 9.59 Å². The molecule has 0 bridgehead atoms. The van der Waals surface area contributed by atoms with Crippen molar-refractivity contribution in [3.8, 4) is 5.75 Å². The number of ketones is 1. The Morgan fingerprint density at radius 3 is 2.50 bits per heavy atom. The van der Waals surface area contributed by atoms with Gasteiger partial charge in [-0.15, -0.1) is 0 Å². The first-order valence-electron chi connectivity index (χ1n) is 7.35. The molecule has 2 N–H and O–H groups in total. The van der Waals surface area contributed by atoms with E-state index in [2.05, 4.69) is 0 Å². The van der Waals surface area contributed by atoms with Crippen LogP contribution in [0.2, 0.25) is 0 Å². The van der Waals surface area contributed by atoms with Crippen LogP contribution in [0.5, 0.6) is 5.75 Å². The lowest BCUT2D eigenvalue weighted by Crippen LogP contribution is -2.41. The van der Waals surface area contributed by atoms with Crippen molar-refractivity contribution < 1.29 is 19.1 Å². The minimum Gasteiger partial charge on any atom is -0.488 e. The van der Waals surface area contributed by atoms with Crippen LogP contribution in [0.1, 0.15) is 44.5 Å². The number of primary amides is 1. The Kier molecular flexibility index (Phi) is 4.29. The maximum absolute atomic E-state index is 12.0. The Hall–Kier alpha value is -1.88. The Bertz CT molecular complexity index is 588. The van der Waals surface area contributed by atoms with E-state index in [1.165, 1.54) is 0 Å². The molecule has 1 unspecified atom stereocenters. The van der Waals surface area contributed by atoms with Crippen LogP contribution in [0, 0.1) is 5.41 Å². The average Bonchev–Trinajstić information content (AvgIpc) is 3.20. The number of amides is 1.